The molecule has 5 rings (SSSR count). The number of nitrogens with zero attached hydrogens (tertiary/aromatic N) is 6. The van der Waals surface area contributed by atoms with Crippen molar-refractivity contribution in [2.45, 2.75) is 39.2 Å². The van der Waals surface area contributed by atoms with E-state index < -0.39 is 0 Å². The highest BCUT2D eigenvalue weighted by Crippen LogP contribution is 2.32. The topological polar surface area (TPSA) is 76.8 Å². The number of hydrogen-bond acceptors (Lipinski definition) is 6. The molecule has 0 bridgehead atoms. The fourth-order valence-corrected chi connectivity index (χ4v) is 4.73. The summed E-state index contributed by atoms with van der Waals surface area (Å²) in [6.45, 7) is 5.47. The Morgan fingerprint density at radius 2 is 1.73 bits per heavy atom. The molecule has 0 aliphatic carbocycles. The zero-order valence-electron chi connectivity index (χ0n) is 18.7. The summed E-state index contributed by atoms with van der Waals surface area (Å²) in [6.07, 6.45) is 8.03. The minimum absolute atomic E-state index is 0.0708. The minimum atomic E-state index is -0.198. The summed E-state index contributed by atoms with van der Waals surface area (Å²) in [6, 6.07) is 7.04. The molecule has 0 N–H and O–H groups in total. The molecule has 7 nitrogen and oxygen atoms in total. The van der Waals surface area contributed by atoms with E-state index in [1.54, 1.807) is 35.4 Å². The molecular weight excluding hydrogens is 419 g/mol. The van der Waals surface area contributed by atoms with Gasteiger partial charge in [-0.1, -0.05) is 12.1 Å². The number of rotatable bonds is 4. The largest absolute Gasteiger partial charge is 0.369 e. The minimum Gasteiger partial charge on any atom is -0.369 e. The summed E-state index contributed by atoms with van der Waals surface area (Å²) in [5.41, 5.74) is 4.97. The van der Waals surface area contributed by atoms with Crippen LogP contribution < -0.4 is 10.5 Å². The molecule has 33 heavy (non-hydrogen) atoms. The summed E-state index contributed by atoms with van der Waals surface area (Å²) in [7, 11) is 0. The Bertz CT molecular complexity index is 1360. The first kappa shape index (κ1) is 21.2. The molecule has 1 aliphatic heterocycles. The predicted octanol–water partition coefficient (Wildman–Crippen LogP) is 3.77. The number of hydrogen-bond donors (Lipinski definition) is 0. The molecule has 0 atom stereocenters. The van der Waals surface area contributed by atoms with Gasteiger partial charge >= 0.3 is 0 Å². The van der Waals surface area contributed by atoms with Gasteiger partial charge in [0.15, 0.2) is 5.65 Å². The van der Waals surface area contributed by atoms with E-state index in [9.17, 15) is 9.18 Å². The van der Waals surface area contributed by atoms with Crippen LogP contribution >= 0.6 is 0 Å². The number of para-hydroxylation sites is 1. The number of benzene rings is 1. The van der Waals surface area contributed by atoms with E-state index in [2.05, 4.69) is 24.8 Å². The van der Waals surface area contributed by atoms with Gasteiger partial charge in [0.05, 0.1) is 23.6 Å². The van der Waals surface area contributed by atoms with Crippen LogP contribution in [0.5, 0.6) is 0 Å². The molecule has 3 aromatic heterocycles. The Kier molecular flexibility index (Phi) is 5.58. The standard InChI is InChI=1S/C25H25FN6O/c1-16-4-3-5-20(26)23(16)31-12-6-18(7-13-31)19-14-21-24(30-11-10-28-21)32(25(19)33)15-22-17(2)27-8-9-29-22/h3-5,8-11,14,18H,6-7,12-13,15H2,1-2H3. The number of aryl methyl sites for hydroxylation is 2. The average molecular weight is 445 g/mol. The van der Waals surface area contributed by atoms with Crippen LogP contribution in [0.3, 0.4) is 0 Å². The van der Waals surface area contributed by atoms with Crippen molar-refractivity contribution in [2.75, 3.05) is 18.0 Å². The first-order valence-corrected chi connectivity index (χ1v) is 11.1. The van der Waals surface area contributed by atoms with Crippen LogP contribution in [0.1, 0.15) is 41.3 Å². The summed E-state index contributed by atoms with van der Waals surface area (Å²) in [5, 5.41) is 0. The monoisotopic (exact) mass is 444 g/mol. The van der Waals surface area contributed by atoms with E-state index in [-0.39, 0.29) is 23.8 Å². The van der Waals surface area contributed by atoms with E-state index in [4.69, 9.17) is 0 Å². The lowest BCUT2D eigenvalue weighted by molar-refractivity contribution is 0.491. The summed E-state index contributed by atoms with van der Waals surface area (Å²) < 4.78 is 16.1. The van der Waals surface area contributed by atoms with Crippen LogP contribution in [0.25, 0.3) is 11.2 Å². The molecule has 0 radical (unpaired) electrons. The van der Waals surface area contributed by atoms with E-state index in [1.165, 1.54) is 6.07 Å². The zero-order valence-corrected chi connectivity index (χ0v) is 18.7. The van der Waals surface area contributed by atoms with Crippen molar-refractivity contribution in [1.29, 1.82) is 0 Å². The van der Waals surface area contributed by atoms with Gasteiger partial charge in [0.2, 0.25) is 0 Å². The third-order valence-corrected chi connectivity index (χ3v) is 6.48. The molecule has 0 amide bonds. The molecule has 168 valence electrons. The maximum atomic E-state index is 14.5. The van der Waals surface area contributed by atoms with Crippen LogP contribution in [-0.2, 0) is 6.54 Å². The lowest BCUT2D eigenvalue weighted by Gasteiger charge is -2.34. The second-order valence-electron chi connectivity index (χ2n) is 8.51. The Labute approximate surface area is 191 Å². The first-order valence-electron chi connectivity index (χ1n) is 11.1. The Balaban J connectivity index is 1.49. The van der Waals surface area contributed by atoms with E-state index in [1.807, 2.05) is 26.0 Å². The SMILES string of the molecule is Cc1cccc(F)c1N1CCC(c2cc3nccnc3n(Cc3nccnc3C)c2=O)CC1. The molecular formula is C25H25FN6O. The third kappa shape index (κ3) is 3.97. The van der Waals surface area contributed by atoms with Gasteiger partial charge in [0.1, 0.15) is 11.3 Å². The van der Waals surface area contributed by atoms with Gasteiger partial charge in [0, 0.05) is 43.4 Å². The first-order chi connectivity index (χ1) is 16.0. The maximum Gasteiger partial charge on any atom is 0.256 e. The highest BCUT2D eigenvalue weighted by atomic mass is 19.1. The van der Waals surface area contributed by atoms with Crippen LogP contribution in [0.2, 0.25) is 0 Å². The molecule has 1 aromatic carbocycles. The highest BCUT2D eigenvalue weighted by Gasteiger charge is 2.26. The normalized spacial score (nSPS) is 14.7. The fourth-order valence-electron chi connectivity index (χ4n) is 4.73. The molecule has 1 fully saturated rings. The number of pyridine rings is 1. The van der Waals surface area contributed by atoms with Crippen LogP contribution in [0, 0.1) is 19.7 Å². The van der Waals surface area contributed by atoms with E-state index >= 15 is 0 Å². The molecule has 4 aromatic rings. The van der Waals surface area contributed by atoms with Crippen molar-refractivity contribution in [1.82, 2.24) is 24.5 Å². The van der Waals surface area contributed by atoms with Gasteiger partial charge in [0.25, 0.3) is 5.56 Å². The third-order valence-electron chi connectivity index (χ3n) is 6.48. The van der Waals surface area contributed by atoms with Crippen molar-refractivity contribution in [3.05, 3.63) is 87.7 Å². The molecule has 0 saturated carbocycles. The lowest BCUT2D eigenvalue weighted by Crippen LogP contribution is -2.36. The summed E-state index contributed by atoms with van der Waals surface area (Å²) in [5.74, 6) is -0.127. The molecule has 0 unspecified atom stereocenters. The number of anilines is 1. The van der Waals surface area contributed by atoms with Crippen molar-refractivity contribution in [2.24, 2.45) is 0 Å². The van der Waals surface area contributed by atoms with Crippen molar-refractivity contribution in [3.8, 4) is 0 Å². The Morgan fingerprint density at radius 1 is 1.00 bits per heavy atom. The smallest absolute Gasteiger partial charge is 0.256 e. The molecule has 0 spiro atoms. The number of fused-ring (bicyclic) bond motifs is 1. The van der Waals surface area contributed by atoms with Gasteiger partial charge < -0.3 is 4.90 Å². The van der Waals surface area contributed by atoms with E-state index in [0.29, 0.717) is 29.9 Å². The molecule has 1 aliphatic rings. The van der Waals surface area contributed by atoms with Crippen LogP contribution in [-0.4, -0.2) is 37.6 Å². The summed E-state index contributed by atoms with van der Waals surface area (Å²) >= 11 is 0. The Hall–Kier alpha value is -3.68. The van der Waals surface area contributed by atoms with Crippen LogP contribution in [0.15, 0.2) is 53.8 Å². The summed E-state index contributed by atoms with van der Waals surface area (Å²) in [4.78, 5) is 33.3. The zero-order chi connectivity index (χ0) is 22.9. The molecule has 4 heterocycles. The van der Waals surface area contributed by atoms with Gasteiger partial charge in [-0.15, -0.1) is 0 Å². The molecule has 8 heteroatoms. The number of aromatic nitrogens is 5. The van der Waals surface area contributed by atoms with Crippen molar-refractivity contribution in [3.63, 3.8) is 0 Å². The van der Waals surface area contributed by atoms with Crippen molar-refractivity contribution >= 4 is 16.9 Å². The van der Waals surface area contributed by atoms with Gasteiger partial charge in [-0.2, -0.15) is 0 Å². The Morgan fingerprint density at radius 3 is 2.48 bits per heavy atom. The van der Waals surface area contributed by atoms with E-state index in [0.717, 1.165) is 35.4 Å². The second-order valence-corrected chi connectivity index (χ2v) is 8.51. The molecule has 1 saturated heterocycles. The average Bonchev–Trinajstić information content (AvgIpc) is 2.82. The highest BCUT2D eigenvalue weighted by molar-refractivity contribution is 5.71. The quantitative estimate of drug-likeness (QED) is 0.477. The van der Waals surface area contributed by atoms with Gasteiger partial charge in [-0.05, 0) is 50.3 Å². The van der Waals surface area contributed by atoms with Gasteiger partial charge in [-0.3, -0.25) is 24.3 Å². The number of halogens is 1. The lowest BCUT2D eigenvalue weighted by atomic mass is 9.89. The maximum absolute atomic E-state index is 14.5. The number of piperidine rings is 1. The second kappa shape index (κ2) is 8.69. The van der Waals surface area contributed by atoms with Crippen LogP contribution in [0.4, 0.5) is 10.1 Å². The predicted molar refractivity (Wildman–Crippen MR) is 125 cm³/mol. The fraction of sp³-hybridized carbons (Fsp3) is 0.320. The van der Waals surface area contributed by atoms with Crippen molar-refractivity contribution < 1.29 is 4.39 Å². The van der Waals surface area contributed by atoms with Gasteiger partial charge in [-0.25, -0.2) is 9.37 Å².